The average molecular weight is 158 g/mol. The molecule has 0 aromatic heterocycles. The summed E-state index contributed by atoms with van der Waals surface area (Å²) >= 11 is 0. The molecule has 2 atom stereocenters. The van der Waals surface area contributed by atoms with Crippen molar-refractivity contribution in [3.63, 3.8) is 0 Å². The molecule has 1 N–H and O–H groups in total. The van der Waals surface area contributed by atoms with Crippen LogP contribution in [0.3, 0.4) is 0 Å². The highest BCUT2D eigenvalue weighted by atomic mass is 16.5. The lowest BCUT2D eigenvalue weighted by Gasteiger charge is -2.39. The molecule has 0 aliphatic carbocycles. The van der Waals surface area contributed by atoms with Crippen molar-refractivity contribution in [2.24, 2.45) is 5.41 Å². The van der Waals surface area contributed by atoms with Gasteiger partial charge in [-0.05, 0) is 12.3 Å². The van der Waals surface area contributed by atoms with Gasteiger partial charge in [-0.3, -0.25) is 0 Å². The van der Waals surface area contributed by atoms with Crippen LogP contribution in [0, 0.1) is 5.41 Å². The van der Waals surface area contributed by atoms with E-state index in [0.717, 1.165) is 6.42 Å². The van der Waals surface area contributed by atoms with Gasteiger partial charge in [0.25, 0.3) is 0 Å². The zero-order valence-electron chi connectivity index (χ0n) is 7.85. The van der Waals surface area contributed by atoms with Gasteiger partial charge in [0.2, 0.25) is 0 Å². The van der Waals surface area contributed by atoms with Crippen LogP contribution in [0.4, 0.5) is 0 Å². The monoisotopic (exact) mass is 158 g/mol. The number of hydrogen-bond donors (Lipinski definition) is 1. The normalized spacial score (nSPS) is 39.5. The molecule has 0 bridgehead atoms. The molecule has 1 fully saturated rings. The van der Waals surface area contributed by atoms with Gasteiger partial charge in [-0.2, -0.15) is 0 Å². The molecule has 2 nitrogen and oxygen atoms in total. The number of rotatable bonds is 0. The van der Waals surface area contributed by atoms with Gasteiger partial charge in [0.15, 0.2) is 0 Å². The molecule has 1 aliphatic rings. The van der Waals surface area contributed by atoms with E-state index >= 15 is 0 Å². The van der Waals surface area contributed by atoms with Crippen LogP contribution in [0.1, 0.15) is 34.1 Å². The minimum absolute atomic E-state index is 0.0255. The molecule has 0 unspecified atom stereocenters. The van der Waals surface area contributed by atoms with Crippen LogP contribution >= 0.6 is 0 Å². The maximum atomic E-state index is 10.2. The van der Waals surface area contributed by atoms with Gasteiger partial charge >= 0.3 is 0 Å². The Morgan fingerprint density at radius 2 is 2.00 bits per heavy atom. The van der Waals surface area contributed by atoms with Crippen molar-refractivity contribution < 1.29 is 9.84 Å². The maximum absolute atomic E-state index is 10.2. The van der Waals surface area contributed by atoms with Crippen LogP contribution in [0.2, 0.25) is 0 Å². The third-order valence-electron chi connectivity index (χ3n) is 2.82. The first-order valence-corrected chi connectivity index (χ1v) is 4.22. The van der Waals surface area contributed by atoms with Gasteiger partial charge in [0.1, 0.15) is 0 Å². The van der Waals surface area contributed by atoms with Crippen LogP contribution < -0.4 is 0 Å². The van der Waals surface area contributed by atoms with Crippen molar-refractivity contribution in [2.75, 3.05) is 6.61 Å². The highest BCUT2D eigenvalue weighted by molar-refractivity contribution is 4.98. The SMILES string of the molecule is C[C@@H]1OCC[C@]1(O)C(C)(C)C. The second kappa shape index (κ2) is 2.46. The Hall–Kier alpha value is -0.0800. The summed E-state index contributed by atoms with van der Waals surface area (Å²) in [6.45, 7) is 8.79. The van der Waals surface area contributed by atoms with Crippen molar-refractivity contribution in [1.82, 2.24) is 0 Å². The molecule has 0 amide bonds. The summed E-state index contributed by atoms with van der Waals surface area (Å²) in [5.74, 6) is 0. The van der Waals surface area contributed by atoms with E-state index in [4.69, 9.17) is 4.74 Å². The van der Waals surface area contributed by atoms with Crippen LogP contribution in [-0.2, 0) is 4.74 Å². The summed E-state index contributed by atoms with van der Waals surface area (Å²) in [4.78, 5) is 0. The predicted molar refractivity (Wildman–Crippen MR) is 44.4 cm³/mol. The van der Waals surface area contributed by atoms with Crippen LogP contribution in [-0.4, -0.2) is 23.4 Å². The van der Waals surface area contributed by atoms with Gasteiger partial charge in [-0.1, -0.05) is 20.8 Å². The first kappa shape index (κ1) is 9.01. The fraction of sp³-hybridized carbons (Fsp3) is 1.00. The molecule has 2 heteroatoms. The van der Waals surface area contributed by atoms with Crippen molar-refractivity contribution in [1.29, 1.82) is 0 Å². The quantitative estimate of drug-likeness (QED) is 0.580. The van der Waals surface area contributed by atoms with Crippen molar-refractivity contribution in [2.45, 2.75) is 45.8 Å². The molecule has 0 saturated carbocycles. The number of aliphatic hydroxyl groups is 1. The second-order valence-corrected chi connectivity index (χ2v) is 4.44. The van der Waals surface area contributed by atoms with E-state index < -0.39 is 5.60 Å². The molecule has 66 valence electrons. The Balaban J connectivity index is 2.81. The molecular formula is C9H18O2. The molecule has 0 radical (unpaired) electrons. The van der Waals surface area contributed by atoms with Crippen LogP contribution in [0.25, 0.3) is 0 Å². The third-order valence-corrected chi connectivity index (χ3v) is 2.82. The topological polar surface area (TPSA) is 29.5 Å². The summed E-state index contributed by atoms with van der Waals surface area (Å²) in [6.07, 6.45) is 0.736. The Labute approximate surface area is 68.6 Å². The Morgan fingerprint density at radius 3 is 2.18 bits per heavy atom. The number of ether oxygens (including phenoxy) is 1. The summed E-state index contributed by atoms with van der Waals surface area (Å²) in [7, 11) is 0. The minimum Gasteiger partial charge on any atom is -0.387 e. The fourth-order valence-corrected chi connectivity index (χ4v) is 1.72. The fourth-order valence-electron chi connectivity index (χ4n) is 1.72. The van der Waals surface area contributed by atoms with Crippen molar-refractivity contribution >= 4 is 0 Å². The molecule has 0 aromatic carbocycles. The summed E-state index contributed by atoms with van der Waals surface area (Å²) in [6, 6.07) is 0. The number of hydrogen-bond acceptors (Lipinski definition) is 2. The smallest absolute Gasteiger partial charge is 0.0975 e. The second-order valence-electron chi connectivity index (χ2n) is 4.44. The van der Waals surface area contributed by atoms with E-state index in [1.165, 1.54) is 0 Å². The molecule has 1 saturated heterocycles. The molecule has 11 heavy (non-hydrogen) atoms. The zero-order valence-corrected chi connectivity index (χ0v) is 7.85. The lowest BCUT2D eigenvalue weighted by molar-refractivity contribution is -0.0992. The van der Waals surface area contributed by atoms with E-state index in [1.807, 2.05) is 6.92 Å². The van der Waals surface area contributed by atoms with Gasteiger partial charge in [0.05, 0.1) is 11.7 Å². The molecule has 1 aliphatic heterocycles. The summed E-state index contributed by atoms with van der Waals surface area (Å²) in [5.41, 5.74) is -0.712. The lowest BCUT2D eigenvalue weighted by atomic mass is 9.73. The Kier molecular flexibility index (Phi) is 2.01. The van der Waals surface area contributed by atoms with E-state index in [1.54, 1.807) is 0 Å². The molecule has 0 spiro atoms. The first-order valence-electron chi connectivity index (χ1n) is 4.22. The largest absolute Gasteiger partial charge is 0.387 e. The average Bonchev–Trinajstić information content (AvgIpc) is 2.12. The minimum atomic E-state index is -0.632. The molecule has 1 rings (SSSR count). The third kappa shape index (κ3) is 1.30. The molecule has 0 aromatic rings. The van der Waals surface area contributed by atoms with Gasteiger partial charge in [-0.15, -0.1) is 0 Å². The Morgan fingerprint density at radius 1 is 1.45 bits per heavy atom. The summed E-state index contributed by atoms with van der Waals surface area (Å²) in [5, 5.41) is 10.2. The first-order chi connectivity index (χ1) is 4.88. The van der Waals surface area contributed by atoms with Gasteiger partial charge < -0.3 is 9.84 Å². The Bertz CT molecular complexity index is 148. The summed E-state index contributed by atoms with van der Waals surface area (Å²) < 4.78 is 5.34. The van der Waals surface area contributed by atoms with E-state index in [-0.39, 0.29) is 11.5 Å². The highest BCUT2D eigenvalue weighted by Crippen LogP contribution is 2.40. The predicted octanol–water partition coefficient (Wildman–Crippen LogP) is 1.57. The molecular weight excluding hydrogens is 140 g/mol. The maximum Gasteiger partial charge on any atom is 0.0975 e. The van der Waals surface area contributed by atoms with Crippen molar-refractivity contribution in [3.8, 4) is 0 Å². The van der Waals surface area contributed by atoms with E-state index in [2.05, 4.69) is 20.8 Å². The highest BCUT2D eigenvalue weighted by Gasteiger charge is 2.48. The van der Waals surface area contributed by atoms with E-state index in [9.17, 15) is 5.11 Å². The standard InChI is InChI=1S/C9H18O2/c1-7-9(10,5-6-11-7)8(2,3)4/h7,10H,5-6H2,1-4H3/t7-,9+/m0/s1. The van der Waals surface area contributed by atoms with Crippen LogP contribution in [0.5, 0.6) is 0 Å². The molecule has 1 heterocycles. The van der Waals surface area contributed by atoms with Crippen molar-refractivity contribution in [3.05, 3.63) is 0 Å². The lowest BCUT2D eigenvalue weighted by Crippen LogP contribution is -2.48. The van der Waals surface area contributed by atoms with E-state index in [0.29, 0.717) is 6.61 Å². The van der Waals surface area contributed by atoms with Gasteiger partial charge in [0, 0.05) is 13.0 Å². The van der Waals surface area contributed by atoms with Gasteiger partial charge in [-0.25, -0.2) is 0 Å². The zero-order chi connectivity index (χ0) is 8.70. The van der Waals surface area contributed by atoms with Crippen LogP contribution in [0.15, 0.2) is 0 Å².